The van der Waals surface area contributed by atoms with Crippen molar-refractivity contribution in [1.82, 2.24) is 30.6 Å². The topological polar surface area (TPSA) is 188 Å². The van der Waals surface area contributed by atoms with Gasteiger partial charge in [-0.1, -0.05) is 29.3 Å². The monoisotopic (exact) mass is 618 g/mol. The number of carboxylic acids is 1. The number of aliphatic hydroxyl groups is 2. The van der Waals surface area contributed by atoms with E-state index >= 15 is 0 Å². The second-order valence-electron chi connectivity index (χ2n) is 10.3. The van der Waals surface area contributed by atoms with E-state index in [4.69, 9.17) is 23.2 Å². The van der Waals surface area contributed by atoms with Gasteiger partial charge in [0, 0.05) is 43.5 Å². The number of aromatic nitrogens is 2. The minimum absolute atomic E-state index is 0.0180. The fraction of sp³-hybridized carbons (Fsp3) is 0.370. The second kappa shape index (κ2) is 12.1. The van der Waals surface area contributed by atoms with Crippen LogP contribution in [0, 0.1) is 0 Å². The first-order valence-electron chi connectivity index (χ1n) is 13.2. The molecule has 2 aliphatic rings. The number of carbonyl (C=O) groups is 4. The highest BCUT2D eigenvalue weighted by Crippen LogP contribution is 2.35. The van der Waals surface area contributed by atoms with Crippen LogP contribution in [-0.4, -0.2) is 104 Å². The summed E-state index contributed by atoms with van der Waals surface area (Å²) in [5.41, 5.74) is 2.41. The average molecular weight is 619 g/mol. The van der Waals surface area contributed by atoms with E-state index < -0.39 is 42.7 Å². The summed E-state index contributed by atoms with van der Waals surface area (Å²) < 4.78 is 0. The van der Waals surface area contributed by atoms with E-state index in [0.717, 1.165) is 10.9 Å². The summed E-state index contributed by atoms with van der Waals surface area (Å²) in [6, 6.07) is 4.59. The number of hydrogen-bond acceptors (Lipinski definition) is 7. The number of aliphatic carboxylic acids is 1. The van der Waals surface area contributed by atoms with E-state index in [-0.39, 0.29) is 47.6 Å². The quantitative estimate of drug-likeness (QED) is 0.239. The highest BCUT2D eigenvalue weighted by molar-refractivity contribution is 6.40. The first-order valence-corrected chi connectivity index (χ1v) is 13.9. The van der Waals surface area contributed by atoms with Crippen molar-refractivity contribution in [1.29, 1.82) is 0 Å². The Morgan fingerprint density at radius 3 is 2.55 bits per heavy atom. The second-order valence-corrected chi connectivity index (χ2v) is 11.1. The van der Waals surface area contributed by atoms with Crippen molar-refractivity contribution in [3.8, 4) is 0 Å². The van der Waals surface area contributed by atoms with Gasteiger partial charge in [0.1, 0.15) is 6.04 Å². The van der Waals surface area contributed by atoms with Gasteiger partial charge in [-0.05, 0) is 35.7 Å². The Morgan fingerprint density at radius 2 is 1.83 bits per heavy atom. The normalized spacial score (nSPS) is 19.2. The summed E-state index contributed by atoms with van der Waals surface area (Å²) in [6.07, 6.45) is 0.339. The number of likely N-dealkylation sites (tertiary alicyclic amines) is 1. The molecule has 3 heterocycles. The molecular weight excluding hydrogens is 591 g/mol. The first kappa shape index (κ1) is 29.6. The number of aromatic amines is 1. The lowest BCUT2D eigenvalue weighted by Crippen LogP contribution is -2.55. The molecule has 6 N–H and O–H groups in total. The molecule has 1 saturated heterocycles. The molecule has 0 saturated carbocycles. The molecule has 1 aromatic heterocycles. The molecule has 0 bridgehead atoms. The minimum Gasteiger partial charge on any atom is -0.480 e. The smallest absolute Gasteiger partial charge is 0.328 e. The molecule has 0 radical (unpaired) electrons. The summed E-state index contributed by atoms with van der Waals surface area (Å²) in [4.78, 5) is 53.5. The first-order chi connectivity index (χ1) is 20.0. The van der Waals surface area contributed by atoms with Crippen LogP contribution >= 0.6 is 23.2 Å². The van der Waals surface area contributed by atoms with Gasteiger partial charge in [0.15, 0.2) is 0 Å². The van der Waals surface area contributed by atoms with Crippen molar-refractivity contribution in [2.24, 2.45) is 0 Å². The number of carboxylic acid groups (broad SMARTS) is 1. The van der Waals surface area contributed by atoms with E-state index in [1.54, 1.807) is 35.4 Å². The van der Waals surface area contributed by atoms with Crippen LogP contribution in [0.25, 0.3) is 10.9 Å². The van der Waals surface area contributed by atoms with Crippen molar-refractivity contribution < 1.29 is 34.5 Å². The van der Waals surface area contributed by atoms with Crippen LogP contribution in [0.1, 0.15) is 38.3 Å². The lowest BCUT2D eigenvalue weighted by Gasteiger charge is -2.33. The molecule has 0 aliphatic carbocycles. The lowest BCUT2D eigenvalue weighted by molar-refractivity contribution is -0.139. The molecule has 13 nitrogen and oxygen atoms in total. The molecule has 0 unspecified atom stereocenters. The van der Waals surface area contributed by atoms with Crippen LogP contribution in [0.5, 0.6) is 0 Å². The van der Waals surface area contributed by atoms with Gasteiger partial charge in [0.25, 0.3) is 11.8 Å². The van der Waals surface area contributed by atoms with Crippen molar-refractivity contribution >= 4 is 57.9 Å². The van der Waals surface area contributed by atoms with Gasteiger partial charge in [-0.25, -0.2) is 9.59 Å². The van der Waals surface area contributed by atoms with Crippen LogP contribution in [0.3, 0.4) is 0 Å². The zero-order valence-electron chi connectivity index (χ0n) is 22.1. The van der Waals surface area contributed by atoms with E-state index in [1.807, 2.05) is 0 Å². The maximum Gasteiger partial charge on any atom is 0.328 e. The number of nitrogens with one attached hydrogen (secondary N) is 3. The van der Waals surface area contributed by atoms with Crippen LogP contribution in [0.4, 0.5) is 4.79 Å². The van der Waals surface area contributed by atoms with E-state index in [9.17, 15) is 34.5 Å². The summed E-state index contributed by atoms with van der Waals surface area (Å²) in [5, 5.41) is 41.7. The fourth-order valence-electron chi connectivity index (χ4n) is 5.23. The van der Waals surface area contributed by atoms with Crippen LogP contribution in [-0.2, 0) is 17.8 Å². The molecule has 0 spiro atoms. The van der Waals surface area contributed by atoms with Gasteiger partial charge >= 0.3 is 12.0 Å². The number of amides is 4. The number of H-pyrrole nitrogens is 1. The third kappa shape index (κ3) is 6.14. The number of aliphatic hydroxyl groups excluding tert-OH is 2. The predicted molar refractivity (Wildman–Crippen MR) is 151 cm³/mol. The number of nitrogens with zero attached hydrogens (tertiary/aromatic N) is 3. The average Bonchev–Trinajstić information content (AvgIpc) is 3.41. The fourth-order valence-corrected chi connectivity index (χ4v) is 5.99. The van der Waals surface area contributed by atoms with Gasteiger partial charge < -0.3 is 35.8 Å². The number of fused-ring (bicyclic) bond motifs is 2. The van der Waals surface area contributed by atoms with E-state index in [0.29, 0.717) is 29.7 Å². The molecule has 1 fully saturated rings. The maximum absolute atomic E-state index is 13.2. The van der Waals surface area contributed by atoms with E-state index in [2.05, 4.69) is 20.8 Å². The largest absolute Gasteiger partial charge is 0.480 e. The van der Waals surface area contributed by atoms with Crippen molar-refractivity contribution in [3.63, 3.8) is 0 Å². The third-order valence-electron chi connectivity index (χ3n) is 7.36. The lowest BCUT2D eigenvalue weighted by atomic mass is 9.96. The predicted octanol–water partition coefficient (Wildman–Crippen LogP) is 1.39. The Hall–Kier alpha value is -3.91. The molecule has 15 heteroatoms. The number of piperidine rings is 1. The van der Waals surface area contributed by atoms with Gasteiger partial charge in [0.05, 0.1) is 46.1 Å². The number of carbonyl (C=O) groups excluding carboxylic acids is 3. The highest BCUT2D eigenvalue weighted by Gasteiger charge is 2.31. The number of hydrogen-bond donors (Lipinski definition) is 6. The Labute approximate surface area is 249 Å². The SMILES string of the molecule is O=C(N[C@@H](CNC(=O)N1C[C@H](O)C[C@@H](O)C1)C(=O)O)c1c(Cl)cc2c(c1Cl)CCN(C(=O)c1ccc3cn[nH]c3c1)C2. The van der Waals surface area contributed by atoms with Gasteiger partial charge in [-0.3, -0.25) is 14.7 Å². The Balaban J connectivity index is 1.26. The number of halogens is 2. The number of β-amino-alcohol motifs (C(OH)–C–C–N with tert-alkyl or cyclic N) is 2. The molecule has 42 heavy (non-hydrogen) atoms. The molecule has 2 aromatic carbocycles. The van der Waals surface area contributed by atoms with Crippen LogP contribution < -0.4 is 10.6 Å². The summed E-state index contributed by atoms with van der Waals surface area (Å²) >= 11 is 13.1. The molecule has 3 aromatic rings. The Morgan fingerprint density at radius 1 is 1.10 bits per heavy atom. The molecule has 3 atom stereocenters. The molecule has 5 rings (SSSR count). The van der Waals surface area contributed by atoms with Crippen LogP contribution in [0.2, 0.25) is 10.0 Å². The standard InChI is InChI=1S/C27H28Cl2N6O7/c28-19-5-15-10-34(25(39)13-1-2-14-8-31-33-20(14)6-13)4-3-18(15)23(29)22(19)24(38)32-21(26(40)41)9-30-27(42)35-11-16(36)7-17(37)12-35/h1-2,5-6,8,16-17,21,36-37H,3-4,7,9-12H2,(H,30,42)(H,31,33)(H,32,38)(H,40,41)/t16-,17-,21+/m1/s1. The summed E-state index contributed by atoms with van der Waals surface area (Å²) in [6.45, 7) is 0.0367. The Kier molecular flexibility index (Phi) is 8.55. The van der Waals surface area contributed by atoms with Crippen molar-refractivity contribution in [3.05, 3.63) is 62.8 Å². The van der Waals surface area contributed by atoms with Crippen molar-refractivity contribution in [2.45, 2.75) is 37.6 Å². The zero-order valence-corrected chi connectivity index (χ0v) is 23.7. The van der Waals surface area contributed by atoms with Gasteiger partial charge in [-0.15, -0.1) is 0 Å². The van der Waals surface area contributed by atoms with Gasteiger partial charge in [0.2, 0.25) is 0 Å². The number of benzene rings is 2. The molecule has 4 amide bonds. The number of rotatable bonds is 6. The molecule has 222 valence electrons. The highest BCUT2D eigenvalue weighted by atomic mass is 35.5. The summed E-state index contributed by atoms with van der Waals surface area (Å²) in [7, 11) is 0. The Bertz CT molecular complexity index is 1550. The number of urea groups is 1. The van der Waals surface area contributed by atoms with Crippen LogP contribution in [0.15, 0.2) is 30.5 Å². The third-order valence-corrected chi connectivity index (χ3v) is 8.08. The molecular formula is C27H28Cl2N6O7. The van der Waals surface area contributed by atoms with Crippen molar-refractivity contribution in [2.75, 3.05) is 26.2 Å². The van der Waals surface area contributed by atoms with Gasteiger partial charge in [-0.2, -0.15) is 5.10 Å². The molecule has 2 aliphatic heterocycles. The van der Waals surface area contributed by atoms with E-state index in [1.165, 1.54) is 4.90 Å². The summed E-state index contributed by atoms with van der Waals surface area (Å²) in [5.74, 6) is -2.44. The maximum atomic E-state index is 13.2. The zero-order chi connectivity index (χ0) is 30.1. The minimum atomic E-state index is -1.52.